The maximum absolute atomic E-state index is 12.9. The molecule has 0 bridgehead atoms. The fourth-order valence-corrected chi connectivity index (χ4v) is 3.11. The van der Waals surface area contributed by atoms with Gasteiger partial charge in [-0.15, -0.1) is 0 Å². The Hall–Kier alpha value is -4.01. The van der Waals surface area contributed by atoms with Crippen LogP contribution in [0.4, 0.5) is 24.8 Å². The smallest absolute Gasteiger partial charge is 0.368 e. The fourth-order valence-electron chi connectivity index (χ4n) is 3.11. The maximum Gasteiger partial charge on any atom is 0.416 e. The summed E-state index contributed by atoms with van der Waals surface area (Å²) in [6.07, 6.45) is -1.35. The minimum Gasteiger partial charge on any atom is -0.368 e. The molecule has 0 saturated heterocycles. The molecular weight excluding hydrogens is 407 g/mol. The average Bonchev–Trinajstić information content (AvgIpc) is 2.74. The first kappa shape index (κ1) is 20.3. The second-order valence-corrected chi connectivity index (χ2v) is 6.92. The molecule has 0 fully saturated rings. The van der Waals surface area contributed by atoms with Crippen LogP contribution in [0.25, 0.3) is 22.2 Å². The fraction of sp³-hybridized carbons (Fsp3) is 0.0909. The van der Waals surface area contributed by atoms with Crippen molar-refractivity contribution in [2.75, 3.05) is 11.1 Å². The van der Waals surface area contributed by atoms with E-state index in [0.29, 0.717) is 16.9 Å². The second-order valence-electron chi connectivity index (χ2n) is 6.92. The normalized spacial score (nSPS) is 11.5. The molecule has 2 heterocycles. The first-order valence-electron chi connectivity index (χ1n) is 9.18. The predicted octanol–water partition coefficient (Wildman–Crippen LogP) is 4.85. The molecule has 2 aromatic heterocycles. The molecule has 0 spiro atoms. The zero-order chi connectivity index (χ0) is 22.2. The van der Waals surface area contributed by atoms with Gasteiger partial charge in [-0.05, 0) is 48.9 Å². The van der Waals surface area contributed by atoms with E-state index in [2.05, 4.69) is 20.3 Å². The van der Waals surface area contributed by atoms with Crippen LogP contribution in [0.15, 0.2) is 60.9 Å². The molecule has 156 valence electrons. The number of carbonyl (C=O) groups excluding carboxylic acids is 1. The van der Waals surface area contributed by atoms with Crippen LogP contribution < -0.4 is 11.1 Å². The average molecular weight is 423 g/mol. The lowest BCUT2D eigenvalue weighted by Crippen LogP contribution is -2.14. The summed E-state index contributed by atoms with van der Waals surface area (Å²) in [5.74, 6) is -0.492. The zero-order valence-corrected chi connectivity index (χ0v) is 16.2. The van der Waals surface area contributed by atoms with Gasteiger partial charge in [0.2, 0.25) is 5.95 Å². The van der Waals surface area contributed by atoms with E-state index in [9.17, 15) is 18.0 Å². The van der Waals surface area contributed by atoms with Crippen LogP contribution in [0.5, 0.6) is 0 Å². The van der Waals surface area contributed by atoms with Crippen LogP contribution in [0, 0.1) is 6.92 Å². The van der Waals surface area contributed by atoms with Gasteiger partial charge < -0.3 is 11.1 Å². The molecule has 0 atom stereocenters. The lowest BCUT2D eigenvalue weighted by atomic mass is 10.0. The van der Waals surface area contributed by atoms with Gasteiger partial charge in [0.05, 0.1) is 23.0 Å². The van der Waals surface area contributed by atoms with Gasteiger partial charge >= 0.3 is 6.18 Å². The van der Waals surface area contributed by atoms with Crippen molar-refractivity contribution in [1.82, 2.24) is 15.0 Å². The Morgan fingerprint density at radius 2 is 1.84 bits per heavy atom. The molecule has 6 nitrogen and oxygen atoms in total. The lowest BCUT2D eigenvalue weighted by Gasteiger charge is -2.12. The standard InChI is InChI=1S/C22H16F3N5O/c1-12-5-6-16(29-20(31)13-3-2-4-15(7-13)22(23,24)25)9-17(12)18-8-14-10-28-21(26)30-19(14)11-27-18/h2-11H,1H3,(H,29,31)(H2,26,28,30). The Bertz CT molecular complexity index is 1300. The van der Waals surface area contributed by atoms with Crippen molar-refractivity contribution in [3.63, 3.8) is 0 Å². The predicted molar refractivity (Wildman–Crippen MR) is 111 cm³/mol. The summed E-state index contributed by atoms with van der Waals surface area (Å²) in [7, 11) is 0. The van der Waals surface area contributed by atoms with Crippen LogP contribution in [0.2, 0.25) is 0 Å². The molecule has 9 heteroatoms. The van der Waals surface area contributed by atoms with Gasteiger partial charge in [0.25, 0.3) is 5.91 Å². The van der Waals surface area contributed by atoms with E-state index >= 15 is 0 Å². The van der Waals surface area contributed by atoms with Gasteiger partial charge in [-0.2, -0.15) is 13.2 Å². The highest BCUT2D eigenvalue weighted by atomic mass is 19.4. The molecular formula is C22H16F3N5O. The summed E-state index contributed by atoms with van der Waals surface area (Å²) in [5.41, 5.74) is 7.94. The number of alkyl halides is 3. The van der Waals surface area contributed by atoms with Crippen LogP contribution in [-0.4, -0.2) is 20.9 Å². The number of nitrogens with two attached hydrogens (primary N) is 1. The third kappa shape index (κ3) is 4.30. The van der Waals surface area contributed by atoms with Crippen LogP contribution in [0.1, 0.15) is 21.5 Å². The number of fused-ring (bicyclic) bond motifs is 1. The third-order valence-electron chi connectivity index (χ3n) is 4.71. The number of rotatable bonds is 3. The summed E-state index contributed by atoms with van der Waals surface area (Å²) in [6, 6.07) is 11.3. The molecule has 4 rings (SSSR count). The van der Waals surface area contributed by atoms with Crippen molar-refractivity contribution in [2.24, 2.45) is 0 Å². The number of aromatic nitrogens is 3. The first-order valence-corrected chi connectivity index (χ1v) is 9.18. The SMILES string of the molecule is Cc1ccc(NC(=O)c2cccc(C(F)(F)F)c2)cc1-c1cc2cnc(N)nc2cn1. The van der Waals surface area contributed by atoms with Gasteiger partial charge in [0.1, 0.15) is 0 Å². The summed E-state index contributed by atoms with van der Waals surface area (Å²) in [4.78, 5) is 25.0. The number of hydrogen-bond donors (Lipinski definition) is 2. The number of nitrogen functional groups attached to an aromatic ring is 1. The number of pyridine rings is 1. The van der Waals surface area contributed by atoms with E-state index in [1.165, 1.54) is 12.1 Å². The third-order valence-corrected chi connectivity index (χ3v) is 4.71. The van der Waals surface area contributed by atoms with E-state index in [4.69, 9.17) is 5.73 Å². The molecule has 2 aromatic carbocycles. The largest absolute Gasteiger partial charge is 0.416 e. The Kier molecular flexibility index (Phi) is 5.02. The summed E-state index contributed by atoms with van der Waals surface area (Å²) in [6.45, 7) is 1.89. The first-order chi connectivity index (χ1) is 14.7. The van der Waals surface area contributed by atoms with Gasteiger partial charge in [-0.25, -0.2) is 9.97 Å². The highest BCUT2D eigenvalue weighted by Crippen LogP contribution is 2.30. The van der Waals surface area contributed by atoms with E-state index in [-0.39, 0.29) is 11.5 Å². The van der Waals surface area contributed by atoms with E-state index in [1.807, 2.05) is 6.92 Å². The highest BCUT2D eigenvalue weighted by molar-refractivity contribution is 6.04. The van der Waals surface area contributed by atoms with Crippen LogP contribution in [-0.2, 0) is 6.18 Å². The van der Waals surface area contributed by atoms with Crippen molar-refractivity contribution in [3.8, 4) is 11.3 Å². The number of carbonyl (C=O) groups is 1. The summed E-state index contributed by atoms with van der Waals surface area (Å²) in [5, 5.41) is 3.39. The number of hydrogen-bond acceptors (Lipinski definition) is 5. The van der Waals surface area contributed by atoms with Crippen molar-refractivity contribution in [1.29, 1.82) is 0 Å². The van der Waals surface area contributed by atoms with E-state index < -0.39 is 17.6 Å². The summed E-state index contributed by atoms with van der Waals surface area (Å²) < 4.78 is 38.8. The minimum absolute atomic E-state index is 0.0875. The van der Waals surface area contributed by atoms with Crippen molar-refractivity contribution >= 4 is 28.4 Å². The van der Waals surface area contributed by atoms with E-state index in [0.717, 1.165) is 28.6 Å². The Labute approximate surface area is 175 Å². The van der Waals surface area contributed by atoms with E-state index in [1.54, 1.807) is 36.7 Å². The molecule has 0 aliphatic rings. The monoisotopic (exact) mass is 423 g/mol. The zero-order valence-electron chi connectivity index (χ0n) is 16.2. The van der Waals surface area contributed by atoms with Gasteiger partial charge in [0, 0.05) is 28.4 Å². The Morgan fingerprint density at radius 3 is 2.61 bits per heavy atom. The molecule has 1 amide bonds. The topological polar surface area (TPSA) is 93.8 Å². The molecule has 31 heavy (non-hydrogen) atoms. The molecule has 0 unspecified atom stereocenters. The molecule has 0 radical (unpaired) electrons. The number of nitrogens with zero attached hydrogens (tertiary/aromatic N) is 3. The van der Waals surface area contributed by atoms with Crippen molar-refractivity contribution in [3.05, 3.63) is 77.6 Å². The second kappa shape index (κ2) is 7.67. The quantitative estimate of drug-likeness (QED) is 0.491. The number of halogens is 3. The number of aryl methyl sites for hydroxylation is 1. The van der Waals surface area contributed by atoms with Crippen molar-refractivity contribution in [2.45, 2.75) is 13.1 Å². The van der Waals surface area contributed by atoms with Gasteiger partial charge in [-0.3, -0.25) is 9.78 Å². The highest BCUT2D eigenvalue weighted by Gasteiger charge is 2.30. The lowest BCUT2D eigenvalue weighted by molar-refractivity contribution is -0.137. The van der Waals surface area contributed by atoms with Crippen LogP contribution >= 0.6 is 0 Å². The summed E-state index contributed by atoms with van der Waals surface area (Å²) >= 11 is 0. The molecule has 0 aliphatic carbocycles. The minimum atomic E-state index is -4.52. The number of anilines is 2. The number of benzene rings is 2. The van der Waals surface area contributed by atoms with Gasteiger partial charge in [-0.1, -0.05) is 12.1 Å². The molecule has 4 aromatic rings. The molecule has 0 aliphatic heterocycles. The van der Waals surface area contributed by atoms with Crippen LogP contribution in [0.3, 0.4) is 0 Å². The van der Waals surface area contributed by atoms with Gasteiger partial charge in [0.15, 0.2) is 0 Å². The molecule has 3 N–H and O–H groups in total. The Morgan fingerprint density at radius 1 is 1.03 bits per heavy atom. The maximum atomic E-state index is 12.9. The molecule has 0 saturated carbocycles. The van der Waals surface area contributed by atoms with Crippen molar-refractivity contribution < 1.29 is 18.0 Å². The number of amides is 1. The number of nitrogens with one attached hydrogen (secondary N) is 1. The Balaban J connectivity index is 1.64.